The number of aliphatic imine (C=N–C) groups is 1. The van der Waals surface area contributed by atoms with Crippen molar-refractivity contribution in [1.82, 2.24) is 21.4 Å². The molecule has 11 nitrogen and oxygen atoms in total. The second kappa shape index (κ2) is 11.9. The summed E-state index contributed by atoms with van der Waals surface area (Å²) in [6, 6.07) is -2.68. The Bertz CT molecular complexity index is 482. The Hall–Kier alpha value is -2.56. The van der Waals surface area contributed by atoms with Crippen LogP contribution in [0.3, 0.4) is 0 Å². The molecule has 0 bridgehead atoms. The number of rotatable bonds is 10. The highest BCUT2D eigenvalue weighted by Crippen LogP contribution is 2.06. The van der Waals surface area contributed by atoms with Gasteiger partial charge in [-0.3, -0.25) is 15.2 Å². The minimum atomic E-state index is -1.16. The van der Waals surface area contributed by atoms with E-state index in [4.69, 9.17) is 11.6 Å². The van der Waals surface area contributed by atoms with Crippen molar-refractivity contribution in [2.24, 2.45) is 22.5 Å². The van der Waals surface area contributed by atoms with Crippen LogP contribution in [0.25, 0.3) is 0 Å². The van der Waals surface area contributed by atoms with E-state index >= 15 is 0 Å². The first kappa shape index (κ1) is 22.4. The van der Waals surface area contributed by atoms with E-state index in [1.807, 2.05) is 19.3 Å². The van der Waals surface area contributed by atoms with E-state index in [0.29, 0.717) is 19.4 Å². The molecular weight excluding hydrogens is 330 g/mol. The van der Waals surface area contributed by atoms with Gasteiger partial charge in [0.05, 0.1) is 0 Å². The number of carbonyl (C=O) groups is 3. The molecule has 144 valence electrons. The fourth-order valence-corrected chi connectivity index (χ4v) is 2.03. The van der Waals surface area contributed by atoms with Gasteiger partial charge >= 0.3 is 12.0 Å². The number of amides is 3. The van der Waals surface area contributed by atoms with Crippen LogP contribution in [0, 0.1) is 5.92 Å². The van der Waals surface area contributed by atoms with Gasteiger partial charge in [-0.15, -0.1) is 0 Å². The molecular formula is C14H29N7O4. The molecule has 0 rings (SSSR count). The monoisotopic (exact) mass is 359 g/mol. The van der Waals surface area contributed by atoms with Crippen LogP contribution >= 0.6 is 0 Å². The minimum absolute atomic E-state index is 0.109. The molecule has 0 aromatic carbocycles. The van der Waals surface area contributed by atoms with Crippen molar-refractivity contribution >= 4 is 23.9 Å². The van der Waals surface area contributed by atoms with Crippen molar-refractivity contribution in [3.63, 3.8) is 0 Å². The van der Waals surface area contributed by atoms with Crippen LogP contribution in [0.1, 0.15) is 33.1 Å². The summed E-state index contributed by atoms with van der Waals surface area (Å²) in [6.45, 7) is 4.18. The van der Waals surface area contributed by atoms with Gasteiger partial charge in [0.15, 0.2) is 5.96 Å². The summed E-state index contributed by atoms with van der Waals surface area (Å²) in [5, 5.41) is 16.9. The normalized spacial score (nSPS) is 13.7. The number of nitrogens with one attached hydrogen (secondary N) is 4. The molecule has 0 aromatic heterocycles. The number of aliphatic carboxylic acids is 1. The van der Waals surface area contributed by atoms with Gasteiger partial charge in [-0.2, -0.15) is 0 Å². The van der Waals surface area contributed by atoms with E-state index in [1.54, 1.807) is 0 Å². The lowest BCUT2D eigenvalue weighted by molar-refractivity contribution is -0.142. The highest BCUT2D eigenvalue weighted by atomic mass is 16.4. The Labute approximate surface area is 147 Å². The van der Waals surface area contributed by atoms with Gasteiger partial charge in [0.2, 0.25) is 5.91 Å². The molecule has 2 atom stereocenters. The highest BCUT2D eigenvalue weighted by Gasteiger charge is 2.26. The van der Waals surface area contributed by atoms with Crippen molar-refractivity contribution < 1.29 is 19.5 Å². The molecule has 0 unspecified atom stereocenters. The van der Waals surface area contributed by atoms with E-state index in [-0.39, 0.29) is 18.3 Å². The van der Waals surface area contributed by atoms with Gasteiger partial charge in [-0.25, -0.2) is 15.4 Å². The predicted octanol–water partition coefficient (Wildman–Crippen LogP) is -1.54. The lowest BCUT2D eigenvalue weighted by Gasteiger charge is -2.22. The maximum atomic E-state index is 12.3. The van der Waals surface area contributed by atoms with Gasteiger partial charge in [0.1, 0.15) is 12.1 Å². The van der Waals surface area contributed by atoms with Crippen molar-refractivity contribution in [3.05, 3.63) is 0 Å². The summed E-state index contributed by atoms with van der Waals surface area (Å²) < 4.78 is 0. The van der Waals surface area contributed by atoms with Crippen LogP contribution in [0.2, 0.25) is 0 Å². The van der Waals surface area contributed by atoms with Gasteiger partial charge in [-0.1, -0.05) is 13.8 Å². The van der Waals surface area contributed by atoms with E-state index in [0.717, 1.165) is 0 Å². The zero-order chi connectivity index (χ0) is 19.4. The number of guanidine groups is 1. The Kier molecular flexibility index (Phi) is 10.7. The summed E-state index contributed by atoms with van der Waals surface area (Å²) in [5.74, 6) is 3.63. The van der Waals surface area contributed by atoms with Crippen molar-refractivity contribution in [2.45, 2.75) is 45.2 Å². The van der Waals surface area contributed by atoms with Gasteiger partial charge in [0.25, 0.3) is 0 Å². The lowest BCUT2D eigenvalue weighted by Crippen LogP contribution is -2.54. The molecule has 0 aliphatic heterocycles. The van der Waals surface area contributed by atoms with E-state index in [9.17, 15) is 19.5 Å². The maximum Gasteiger partial charge on any atom is 0.329 e. The number of nitrogens with two attached hydrogens (primary N) is 2. The topological polar surface area (TPSA) is 184 Å². The lowest BCUT2D eigenvalue weighted by atomic mass is 10.0. The standard InChI is InChI=1S/C14H29N7O4/c1-8(2)7-10(20-14(25)21-16)11(22)19-9(12(23)24)5-4-6-18-13(15)17-3/h8-10H,4-7,16H2,1-3H3,(H,19,22)(H,23,24)(H3,15,17,18)(H2,20,21,25)/t9-,10-/m0/s1. The SMILES string of the molecule is CN=C(N)NCCC[C@H](NC(=O)[C@H](CC(C)C)NC(=O)NN)C(=O)O. The Morgan fingerprint density at radius 2 is 1.80 bits per heavy atom. The van der Waals surface area contributed by atoms with Crippen LogP contribution in [-0.4, -0.2) is 54.6 Å². The second-order valence-electron chi connectivity index (χ2n) is 5.88. The zero-order valence-electron chi connectivity index (χ0n) is 14.8. The maximum absolute atomic E-state index is 12.3. The average Bonchev–Trinajstić information content (AvgIpc) is 2.55. The number of carboxylic acid groups (broad SMARTS) is 1. The molecule has 0 aliphatic carbocycles. The van der Waals surface area contributed by atoms with E-state index in [1.165, 1.54) is 7.05 Å². The van der Waals surface area contributed by atoms with Crippen molar-refractivity contribution in [1.29, 1.82) is 0 Å². The molecule has 25 heavy (non-hydrogen) atoms. The quantitative estimate of drug-likeness (QED) is 0.0615. The average molecular weight is 359 g/mol. The van der Waals surface area contributed by atoms with Crippen LogP contribution in [0.4, 0.5) is 4.79 Å². The fourth-order valence-electron chi connectivity index (χ4n) is 2.03. The molecule has 0 heterocycles. The molecule has 0 saturated heterocycles. The smallest absolute Gasteiger partial charge is 0.329 e. The van der Waals surface area contributed by atoms with E-state index < -0.39 is 30.0 Å². The summed E-state index contributed by atoms with van der Waals surface area (Å²) in [5.41, 5.74) is 7.35. The van der Waals surface area contributed by atoms with Gasteiger partial charge in [-0.05, 0) is 25.2 Å². The molecule has 0 saturated carbocycles. The van der Waals surface area contributed by atoms with Crippen LogP contribution in [0.15, 0.2) is 4.99 Å². The third-order valence-corrected chi connectivity index (χ3v) is 3.29. The number of hydrogen-bond donors (Lipinski definition) is 7. The van der Waals surface area contributed by atoms with Crippen molar-refractivity contribution in [2.75, 3.05) is 13.6 Å². The second-order valence-corrected chi connectivity index (χ2v) is 5.88. The summed E-state index contributed by atoms with van der Waals surface area (Å²) >= 11 is 0. The first-order valence-corrected chi connectivity index (χ1v) is 7.97. The number of carboxylic acids is 1. The molecule has 0 spiro atoms. The molecule has 0 fully saturated rings. The summed E-state index contributed by atoms with van der Waals surface area (Å²) in [6.07, 6.45) is 0.998. The zero-order valence-corrected chi connectivity index (χ0v) is 14.8. The number of hydrazine groups is 1. The molecule has 0 radical (unpaired) electrons. The Balaban J connectivity index is 4.70. The summed E-state index contributed by atoms with van der Waals surface area (Å²) in [7, 11) is 1.53. The Morgan fingerprint density at radius 1 is 1.16 bits per heavy atom. The highest BCUT2D eigenvalue weighted by molar-refractivity contribution is 5.89. The molecule has 9 N–H and O–H groups in total. The minimum Gasteiger partial charge on any atom is -0.480 e. The third-order valence-electron chi connectivity index (χ3n) is 3.29. The largest absolute Gasteiger partial charge is 0.480 e. The van der Waals surface area contributed by atoms with Crippen molar-refractivity contribution in [3.8, 4) is 0 Å². The van der Waals surface area contributed by atoms with Crippen LogP contribution in [0.5, 0.6) is 0 Å². The Morgan fingerprint density at radius 3 is 2.28 bits per heavy atom. The number of nitrogens with zero attached hydrogens (tertiary/aromatic N) is 1. The van der Waals surface area contributed by atoms with E-state index in [2.05, 4.69) is 20.9 Å². The molecule has 3 amide bonds. The molecule has 11 heteroatoms. The van der Waals surface area contributed by atoms with Gasteiger partial charge < -0.3 is 26.8 Å². The first-order valence-electron chi connectivity index (χ1n) is 7.97. The molecule has 0 aromatic rings. The predicted molar refractivity (Wildman–Crippen MR) is 93.4 cm³/mol. The number of urea groups is 1. The summed E-state index contributed by atoms with van der Waals surface area (Å²) in [4.78, 5) is 38.7. The molecule has 0 aliphatic rings. The van der Waals surface area contributed by atoms with Gasteiger partial charge in [0, 0.05) is 13.6 Å². The third kappa shape index (κ3) is 10.0. The number of carbonyl (C=O) groups excluding carboxylic acids is 2. The van der Waals surface area contributed by atoms with Crippen LogP contribution in [-0.2, 0) is 9.59 Å². The first-order chi connectivity index (χ1) is 11.7. The number of hydrogen-bond acceptors (Lipinski definition) is 5. The van der Waals surface area contributed by atoms with Crippen LogP contribution < -0.4 is 33.0 Å². The fraction of sp³-hybridized carbons (Fsp3) is 0.714.